The number of aldehydes is 1. The number of aromatic nitrogens is 1. The van der Waals surface area contributed by atoms with E-state index >= 15 is 0 Å². The number of halogens is 4. The van der Waals surface area contributed by atoms with Gasteiger partial charge in [0, 0.05) is 54.4 Å². The van der Waals surface area contributed by atoms with E-state index in [1.165, 1.54) is 12.1 Å². The van der Waals surface area contributed by atoms with Gasteiger partial charge in [0.05, 0.1) is 0 Å². The highest BCUT2D eigenvalue weighted by atomic mass is 19.3. The van der Waals surface area contributed by atoms with Crippen LogP contribution in [0.5, 0.6) is 17.2 Å². The minimum Gasteiger partial charge on any atom is -0.508 e. The van der Waals surface area contributed by atoms with Crippen LogP contribution in [-0.2, 0) is 17.8 Å². The second-order valence-electron chi connectivity index (χ2n) is 6.52. The number of hydrogen-bond acceptors (Lipinski definition) is 6. The van der Waals surface area contributed by atoms with E-state index in [9.17, 15) is 27.5 Å². The Morgan fingerprint density at radius 1 is 0.969 bits per heavy atom. The number of phenols is 1. The van der Waals surface area contributed by atoms with Crippen molar-refractivity contribution in [1.82, 2.24) is 4.98 Å². The van der Waals surface area contributed by atoms with Gasteiger partial charge in [0.15, 0.2) is 11.5 Å². The van der Waals surface area contributed by atoms with Crippen LogP contribution >= 0.6 is 0 Å². The van der Waals surface area contributed by atoms with Crippen molar-refractivity contribution in [1.29, 1.82) is 0 Å². The van der Waals surface area contributed by atoms with Crippen molar-refractivity contribution in [3.63, 3.8) is 0 Å². The topological polar surface area (TPSA) is 71.9 Å². The summed E-state index contributed by atoms with van der Waals surface area (Å²) in [6, 6.07) is 11.7. The lowest BCUT2D eigenvalue weighted by Crippen LogP contribution is -2.17. The van der Waals surface area contributed by atoms with E-state index in [1.54, 1.807) is 41.6 Å². The minimum absolute atomic E-state index is 0.0146. The van der Waals surface area contributed by atoms with Crippen LogP contribution in [0.15, 0.2) is 60.9 Å². The number of ether oxygens (including phenoxy) is 2. The molecule has 0 amide bonds. The Labute approximate surface area is 180 Å². The van der Waals surface area contributed by atoms with Crippen molar-refractivity contribution < 1.29 is 36.9 Å². The fourth-order valence-electron chi connectivity index (χ4n) is 3.03. The SMILES string of the molecule is O=CCc1ccc(N(Cc2cccnc2)c2ccc(OC(F)F)c(OC(F)F)c2)cc1O. The average Bonchev–Trinajstić information content (AvgIpc) is 2.75. The van der Waals surface area contributed by atoms with Gasteiger partial charge in [0.25, 0.3) is 0 Å². The first-order valence-corrected chi connectivity index (χ1v) is 9.33. The zero-order valence-electron chi connectivity index (χ0n) is 16.5. The summed E-state index contributed by atoms with van der Waals surface area (Å²) in [5.41, 5.74) is 1.90. The number of pyridine rings is 1. The summed E-state index contributed by atoms with van der Waals surface area (Å²) in [4.78, 5) is 16.4. The summed E-state index contributed by atoms with van der Waals surface area (Å²) in [6.45, 7) is -6.29. The van der Waals surface area contributed by atoms with Crippen molar-refractivity contribution >= 4 is 17.7 Å². The van der Waals surface area contributed by atoms with Gasteiger partial charge in [-0.2, -0.15) is 17.6 Å². The zero-order chi connectivity index (χ0) is 23.1. The third kappa shape index (κ3) is 5.87. The van der Waals surface area contributed by atoms with E-state index in [2.05, 4.69) is 14.5 Å². The molecule has 10 heteroatoms. The molecule has 3 aromatic rings. The van der Waals surface area contributed by atoms with Crippen LogP contribution in [0.3, 0.4) is 0 Å². The lowest BCUT2D eigenvalue weighted by molar-refractivity contribution is -0.107. The molecule has 0 aliphatic carbocycles. The summed E-state index contributed by atoms with van der Waals surface area (Å²) >= 11 is 0. The molecule has 0 saturated heterocycles. The molecule has 0 unspecified atom stereocenters. The van der Waals surface area contributed by atoms with Gasteiger partial charge < -0.3 is 24.3 Å². The number of phenolic OH excluding ortho intramolecular Hbond substituents is 1. The van der Waals surface area contributed by atoms with Crippen LogP contribution in [-0.4, -0.2) is 29.6 Å². The number of carbonyl (C=O) groups is 1. The molecule has 0 fully saturated rings. The third-order valence-electron chi connectivity index (χ3n) is 4.42. The molecule has 1 N–H and O–H groups in total. The minimum atomic E-state index is -3.26. The van der Waals surface area contributed by atoms with Gasteiger partial charge in [-0.25, -0.2) is 0 Å². The van der Waals surface area contributed by atoms with E-state index in [0.29, 0.717) is 23.2 Å². The van der Waals surface area contributed by atoms with Gasteiger partial charge in [-0.15, -0.1) is 0 Å². The standard InChI is InChI=1S/C22H18F4N2O4/c23-21(24)31-19-6-5-17(11-20(19)32-22(25)26)28(13-14-2-1-8-27-12-14)16-4-3-15(7-9-29)18(30)10-16/h1-6,8-12,21-22,30H,7,13H2. The van der Waals surface area contributed by atoms with Crippen LogP contribution in [0.25, 0.3) is 0 Å². The summed E-state index contributed by atoms with van der Waals surface area (Å²) in [5.74, 6) is -1.25. The smallest absolute Gasteiger partial charge is 0.387 e. The number of rotatable bonds is 10. The molecule has 32 heavy (non-hydrogen) atoms. The Morgan fingerprint density at radius 2 is 1.66 bits per heavy atom. The maximum Gasteiger partial charge on any atom is 0.387 e. The number of alkyl halides is 4. The normalized spacial score (nSPS) is 10.9. The van der Waals surface area contributed by atoms with Crippen LogP contribution < -0.4 is 14.4 Å². The monoisotopic (exact) mass is 450 g/mol. The summed E-state index contributed by atoms with van der Waals surface area (Å²) < 4.78 is 59.7. The fraction of sp³-hybridized carbons (Fsp3) is 0.182. The summed E-state index contributed by atoms with van der Waals surface area (Å²) in [7, 11) is 0. The summed E-state index contributed by atoms with van der Waals surface area (Å²) in [6.07, 6.45) is 3.84. The van der Waals surface area contributed by atoms with E-state index in [4.69, 9.17) is 0 Å². The molecule has 6 nitrogen and oxygen atoms in total. The highest BCUT2D eigenvalue weighted by molar-refractivity contribution is 5.69. The van der Waals surface area contributed by atoms with Crippen LogP contribution in [0.1, 0.15) is 11.1 Å². The van der Waals surface area contributed by atoms with Crippen molar-refractivity contribution in [3.05, 3.63) is 72.1 Å². The van der Waals surface area contributed by atoms with Gasteiger partial charge in [-0.3, -0.25) is 4.98 Å². The number of nitrogens with zero attached hydrogens (tertiary/aromatic N) is 2. The maximum atomic E-state index is 12.9. The second kappa shape index (κ2) is 10.5. The first-order chi connectivity index (χ1) is 15.4. The van der Waals surface area contributed by atoms with E-state index < -0.39 is 24.7 Å². The molecule has 1 aromatic heterocycles. The molecule has 0 bridgehead atoms. The maximum absolute atomic E-state index is 12.9. The van der Waals surface area contributed by atoms with Crippen molar-refractivity contribution in [2.75, 3.05) is 4.90 Å². The largest absolute Gasteiger partial charge is 0.508 e. The first kappa shape index (κ1) is 22.9. The number of anilines is 2. The van der Waals surface area contributed by atoms with Crippen LogP contribution in [0.4, 0.5) is 28.9 Å². The Hall–Kier alpha value is -3.82. The number of carbonyl (C=O) groups excluding carboxylic acids is 1. The highest BCUT2D eigenvalue weighted by Crippen LogP contribution is 2.38. The molecular formula is C22H18F4N2O4. The Morgan fingerprint density at radius 3 is 2.28 bits per heavy atom. The predicted octanol–water partition coefficient (Wildman–Crippen LogP) is 5.07. The quantitative estimate of drug-likeness (QED) is 0.344. The van der Waals surface area contributed by atoms with E-state index in [1.807, 2.05) is 0 Å². The van der Waals surface area contributed by atoms with E-state index in [-0.39, 0.29) is 18.7 Å². The molecule has 168 valence electrons. The number of aromatic hydroxyl groups is 1. The van der Waals surface area contributed by atoms with Gasteiger partial charge in [0.2, 0.25) is 0 Å². The molecule has 0 aliphatic rings. The molecule has 0 aliphatic heterocycles. The molecule has 0 atom stereocenters. The molecule has 0 radical (unpaired) electrons. The van der Waals surface area contributed by atoms with Gasteiger partial charge in [-0.05, 0) is 29.8 Å². The first-order valence-electron chi connectivity index (χ1n) is 9.33. The number of benzene rings is 2. The van der Waals surface area contributed by atoms with Gasteiger partial charge in [0.1, 0.15) is 12.0 Å². The Balaban J connectivity index is 2.06. The average molecular weight is 450 g/mol. The van der Waals surface area contributed by atoms with Gasteiger partial charge >= 0.3 is 13.2 Å². The lowest BCUT2D eigenvalue weighted by atomic mass is 10.1. The van der Waals surface area contributed by atoms with E-state index in [0.717, 1.165) is 17.7 Å². The van der Waals surface area contributed by atoms with Crippen LogP contribution in [0.2, 0.25) is 0 Å². The molecule has 0 spiro atoms. The highest BCUT2D eigenvalue weighted by Gasteiger charge is 2.19. The molecule has 2 aromatic carbocycles. The predicted molar refractivity (Wildman–Crippen MR) is 108 cm³/mol. The second-order valence-corrected chi connectivity index (χ2v) is 6.52. The summed E-state index contributed by atoms with van der Waals surface area (Å²) in [5, 5.41) is 10.3. The third-order valence-corrected chi connectivity index (χ3v) is 4.42. The molecule has 0 saturated carbocycles. The van der Waals surface area contributed by atoms with Crippen molar-refractivity contribution in [2.45, 2.75) is 26.2 Å². The van der Waals surface area contributed by atoms with Gasteiger partial charge in [-0.1, -0.05) is 12.1 Å². The molecule has 1 heterocycles. The fourth-order valence-corrected chi connectivity index (χ4v) is 3.03. The molecule has 3 rings (SSSR count). The Kier molecular flexibility index (Phi) is 7.48. The number of hydrogen-bond donors (Lipinski definition) is 1. The lowest BCUT2D eigenvalue weighted by Gasteiger charge is -2.26. The zero-order valence-corrected chi connectivity index (χ0v) is 16.5. The van der Waals surface area contributed by atoms with Crippen LogP contribution in [0, 0.1) is 0 Å². The Bertz CT molecular complexity index is 1050. The molecular weight excluding hydrogens is 432 g/mol. The van der Waals surface area contributed by atoms with Crippen molar-refractivity contribution in [3.8, 4) is 17.2 Å². The van der Waals surface area contributed by atoms with Crippen molar-refractivity contribution in [2.24, 2.45) is 0 Å².